The van der Waals surface area contributed by atoms with E-state index in [-0.39, 0.29) is 11.4 Å². The average molecular weight is 179 g/mol. The third kappa shape index (κ3) is 2.45. The van der Waals surface area contributed by atoms with E-state index in [0.29, 0.717) is 0 Å². The van der Waals surface area contributed by atoms with Crippen molar-refractivity contribution in [2.24, 2.45) is 5.73 Å². The first kappa shape index (κ1) is 9.00. The van der Waals surface area contributed by atoms with Crippen LogP contribution < -0.4 is 11.5 Å². The van der Waals surface area contributed by atoms with Crippen LogP contribution in [0.5, 0.6) is 0 Å². The predicted octanol–water partition coefficient (Wildman–Crippen LogP) is -0.360. The maximum atomic E-state index is 12.7. The summed E-state index contributed by atoms with van der Waals surface area (Å²) in [6, 6.07) is 1.08. The molecule has 0 aliphatic rings. The molecule has 0 spiro atoms. The lowest BCUT2D eigenvalue weighted by atomic mass is 10.3. The summed E-state index contributed by atoms with van der Waals surface area (Å²) in [5.74, 6) is 2.72. The topological polar surface area (TPSA) is 82.0 Å². The lowest BCUT2D eigenvalue weighted by Gasteiger charge is -1.93. The van der Waals surface area contributed by atoms with Gasteiger partial charge in [-0.15, -0.1) is 0 Å². The number of carbonyl (C=O) groups is 1. The Kier molecular flexibility index (Phi) is 2.45. The Morgan fingerprint density at radius 3 is 2.85 bits per heavy atom. The van der Waals surface area contributed by atoms with E-state index in [4.69, 9.17) is 11.5 Å². The van der Waals surface area contributed by atoms with Crippen LogP contribution in [0.15, 0.2) is 12.3 Å². The van der Waals surface area contributed by atoms with Crippen molar-refractivity contribution in [2.45, 2.75) is 0 Å². The fourth-order valence-corrected chi connectivity index (χ4v) is 0.651. The van der Waals surface area contributed by atoms with Crippen LogP contribution in [0.3, 0.4) is 0 Å². The average Bonchev–Trinajstić information content (AvgIpc) is 2.07. The van der Waals surface area contributed by atoms with E-state index in [0.717, 1.165) is 6.07 Å². The highest BCUT2D eigenvalue weighted by atomic mass is 19.1. The molecule has 1 aromatic rings. The number of carbonyl (C=O) groups excluding carboxylic acids is 1. The second kappa shape index (κ2) is 3.54. The summed E-state index contributed by atoms with van der Waals surface area (Å²) in [4.78, 5) is 13.7. The van der Waals surface area contributed by atoms with Crippen molar-refractivity contribution < 1.29 is 9.18 Å². The fraction of sp³-hybridized carbons (Fsp3) is 0. The molecule has 4 nitrogen and oxygen atoms in total. The molecule has 0 saturated carbocycles. The molecule has 1 rings (SSSR count). The molecule has 0 unspecified atom stereocenters. The molecule has 5 heteroatoms. The Balaban J connectivity index is 3.00. The number of anilines is 1. The van der Waals surface area contributed by atoms with E-state index in [1.54, 1.807) is 0 Å². The van der Waals surface area contributed by atoms with Crippen LogP contribution in [0, 0.1) is 17.7 Å². The van der Waals surface area contributed by atoms with Gasteiger partial charge < -0.3 is 11.5 Å². The smallest absolute Gasteiger partial charge is 0.293 e. The van der Waals surface area contributed by atoms with E-state index in [9.17, 15) is 9.18 Å². The number of rotatable bonds is 0. The number of nitrogen functional groups attached to an aromatic ring is 1. The minimum absolute atomic E-state index is 0.204. The molecule has 0 aliphatic carbocycles. The van der Waals surface area contributed by atoms with Crippen molar-refractivity contribution in [1.82, 2.24) is 4.98 Å². The van der Waals surface area contributed by atoms with Crippen LogP contribution in [0.1, 0.15) is 5.56 Å². The molecular formula is C8H6FN3O. The highest BCUT2D eigenvalue weighted by Gasteiger charge is 1.98. The molecular weight excluding hydrogens is 173 g/mol. The predicted molar refractivity (Wildman–Crippen MR) is 44.7 cm³/mol. The molecule has 66 valence electrons. The van der Waals surface area contributed by atoms with Crippen LogP contribution in [-0.4, -0.2) is 10.9 Å². The largest absolute Gasteiger partial charge is 0.381 e. The molecule has 0 aromatic carbocycles. The summed E-state index contributed by atoms with van der Waals surface area (Å²) < 4.78 is 12.7. The standard InChI is InChI=1S/C8H6FN3O/c9-6-3-5(1-2-7(10)13)4-12-8(6)11/h3-4H,(H2,10,13)(H2,11,12). The van der Waals surface area contributed by atoms with Gasteiger partial charge in [0.15, 0.2) is 11.6 Å². The van der Waals surface area contributed by atoms with Crippen LogP contribution in [0.4, 0.5) is 10.2 Å². The molecule has 0 saturated heterocycles. The van der Waals surface area contributed by atoms with Gasteiger partial charge in [-0.05, 0) is 6.07 Å². The molecule has 1 aromatic heterocycles. The summed E-state index contributed by atoms with van der Waals surface area (Å²) in [7, 11) is 0. The van der Waals surface area contributed by atoms with Crippen LogP contribution in [0.25, 0.3) is 0 Å². The zero-order chi connectivity index (χ0) is 9.84. The Morgan fingerprint density at radius 1 is 1.62 bits per heavy atom. The summed E-state index contributed by atoms with van der Waals surface area (Å²) >= 11 is 0. The summed E-state index contributed by atoms with van der Waals surface area (Å²) in [6.07, 6.45) is 1.26. The Bertz CT molecular complexity index is 406. The van der Waals surface area contributed by atoms with Gasteiger partial charge in [0.05, 0.1) is 0 Å². The SMILES string of the molecule is NC(=O)C#Cc1cnc(N)c(F)c1. The first-order valence-electron chi connectivity index (χ1n) is 3.32. The van der Waals surface area contributed by atoms with E-state index in [2.05, 4.69) is 10.9 Å². The van der Waals surface area contributed by atoms with E-state index in [1.807, 2.05) is 5.92 Å². The lowest BCUT2D eigenvalue weighted by molar-refractivity contribution is -0.112. The van der Waals surface area contributed by atoms with Gasteiger partial charge in [-0.25, -0.2) is 9.37 Å². The zero-order valence-electron chi connectivity index (χ0n) is 6.54. The summed E-state index contributed by atoms with van der Waals surface area (Å²) in [5, 5.41) is 0. The molecule has 1 heterocycles. The van der Waals surface area contributed by atoms with E-state index >= 15 is 0 Å². The van der Waals surface area contributed by atoms with E-state index < -0.39 is 11.7 Å². The molecule has 0 atom stereocenters. The van der Waals surface area contributed by atoms with Crippen molar-refractivity contribution in [3.63, 3.8) is 0 Å². The number of pyridine rings is 1. The monoisotopic (exact) mass is 179 g/mol. The number of nitrogens with zero attached hydrogens (tertiary/aromatic N) is 1. The van der Waals surface area contributed by atoms with Crippen molar-refractivity contribution >= 4 is 11.7 Å². The first-order valence-corrected chi connectivity index (χ1v) is 3.32. The Labute approximate surface area is 73.8 Å². The van der Waals surface area contributed by atoms with Crippen molar-refractivity contribution in [3.05, 3.63) is 23.6 Å². The number of hydrogen-bond donors (Lipinski definition) is 2. The molecule has 0 bridgehead atoms. The van der Waals surface area contributed by atoms with Crippen LogP contribution in [0.2, 0.25) is 0 Å². The third-order valence-corrected chi connectivity index (χ3v) is 1.20. The van der Waals surface area contributed by atoms with Gasteiger partial charge in [0, 0.05) is 17.7 Å². The van der Waals surface area contributed by atoms with E-state index in [1.165, 1.54) is 6.20 Å². The first-order chi connectivity index (χ1) is 6.09. The minimum atomic E-state index is -0.780. The van der Waals surface area contributed by atoms with Crippen molar-refractivity contribution in [2.75, 3.05) is 5.73 Å². The van der Waals surface area contributed by atoms with Gasteiger partial charge in [0.1, 0.15) is 0 Å². The molecule has 13 heavy (non-hydrogen) atoms. The summed E-state index contributed by atoms with van der Waals surface area (Å²) in [6.45, 7) is 0. The number of amides is 1. The summed E-state index contributed by atoms with van der Waals surface area (Å²) in [5.41, 5.74) is 10.1. The van der Waals surface area contributed by atoms with Crippen LogP contribution >= 0.6 is 0 Å². The third-order valence-electron chi connectivity index (χ3n) is 1.20. The number of nitrogens with two attached hydrogens (primary N) is 2. The van der Waals surface area contributed by atoms with Crippen molar-refractivity contribution in [3.8, 4) is 11.8 Å². The number of hydrogen-bond acceptors (Lipinski definition) is 3. The zero-order valence-corrected chi connectivity index (χ0v) is 6.54. The fourth-order valence-electron chi connectivity index (χ4n) is 0.651. The van der Waals surface area contributed by atoms with Gasteiger partial charge in [-0.1, -0.05) is 5.92 Å². The van der Waals surface area contributed by atoms with Gasteiger partial charge in [0.25, 0.3) is 5.91 Å². The number of halogens is 1. The van der Waals surface area contributed by atoms with Gasteiger partial charge >= 0.3 is 0 Å². The molecule has 0 aliphatic heterocycles. The maximum absolute atomic E-state index is 12.7. The number of primary amides is 1. The van der Waals surface area contributed by atoms with Crippen LogP contribution in [-0.2, 0) is 4.79 Å². The number of aromatic nitrogens is 1. The normalized spacial score (nSPS) is 8.69. The second-order valence-corrected chi connectivity index (χ2v) is 2.21. The quantitative estimate of drug-likeness (QED) is 0.533. The lowest BCUT2D eigenvalue weighted by Crippen LogP contribution is -2.06. The second-order valence-electron chi connectivity index (χ2n) is 2.21. The maximum Gasteiger partial charge on any atom is 0.293 e. The Hall–Kier alpha value is -2.09. The van der Waals surface area contributed by atoms with Gasteiger partial charge in [-0.2, -0.15) is 0 Å². The minimum Gasteiger partial charge on any atom is -0.381 e. The molecule has 1 amide bonds. The highest BCUT2D eigenvalue weighted by Crippen LogP contribution is 2.06. The van der Waals surface area contributed by atoms with Gasteiger partial charge in [0.2, 0.25) is 0 Å². The molecule has 0 radical (unpaired) electrons. The van der Waals surface area contributed by atoms with Gasteiger partial charge in [-0.3, -0.25) is 4.79 Å². The van der Waals surface area contributed by atoms with Crippen molar-refractivity contribution in [1.29, 1.82) is 0 Å². The highest BCUT2D eigenvalue weighted by molar-refractivity contribution is 5.92. The molecule has 4 N–H and O–H groups in total. The molecule has 0 fully saturated rings. The Morgan fingerprint density at radius 2 is 2.31 bits per heavy atom.